The minimum Gasteiger partial charge on any atom is -0.497 e. The Balaban J connectivity index is 1.68. The van der Waals surface area contributed by atoms with Gasteiger partial charge in [0.25, 0.3) is 0 Å². The van der Waals surface area contributed by atoms with Crippen molar-refractivity contribution in [3.05, 3.63) is 71.8 Å². The molecule has 0 N–H and O–H groups in total. The third-order valence-electron chi connectivity index (χ3n) is 10.7. The number of benzene rings is 2. The van der Waals surface area contributed by atoms with Crippen LogP contribution >= 0.6 is 0 Å². The normalized spacial score (nSPS) is 11.6. The lowest BCUT2D eigenvalue weighted by Gasteiger charge is -2.16. The number of ether oxygens (including phenoxy) is 3. The van der Waals surface area contributed by atoms with E-state index in [1.165, 1.54) is 191 Å². The van der Waals surface area contributed by atoms with E-state index in [-0.39, 0.29) is 0 Å². The Morgan fingerprint density at radius 3 is 1.00 bits per heavy atom. The van der Waals surface area contributed by atoms with Gasteiger partial charge in [-0.1, -0.05) is 154 Å². The number of hydrogen-bond acceptors (Lipinski definition) is 3. The molecule has 0 aliphatic heterocycles. The van der Waals surface area contributed by atoms with Crippen LogP contribution in [0.4, 0.5) is 0 Å². The molecular weight excluding hydrogens is 649 g/mol. The van der Waals surface area contributed by atoms with Crippen molar-refractivity contribution in [1.82, 2.24) is 0 Å². The second-order valence-corrected chi connectivity index (χ2v) is 15.4. The Bertz CT molecular complexity index is 1090. The van der Waals surface area contributed by atoms with Gasteiger partial charge in [0.1, 0.15) is 23.0 Å². The van der Waals surface area contributed by atoms with Gasteiger partial charge < -0.3 is 14.2 Å². The van der Waals surface area contributed by atoms with Crippen LogP contribution in [0.15, 0.2) is 60.7 Å². The first kappa shape index (κ1) is 46.5. The summed E-state index contributed by atoms with van der Waals surface area (Å²) >= 11 is 0. The molecule has 0 saturated carbocycles. The van der Waals surface area contributed by atoms with Gasteiger partial charge in [-0.15, -0.1) is 0 Å². The number of hydrogen-bond donors (Lipinski definition) is 0. The Labute approximate surface area is 328 Å². The molecule has 0 radical (unpaired) electrons. The molecule has 0 atom stereocenters. The van der Waals surface area contributed by atoms with Crippen molar-refractivity contribution in [2.24, 2.45) is 0 Å². The highest BCUT2D eigenvalue weighted by molar-refractivity contribution is 5.47. The Morgan fingerprint density at radius 1 is 0.377 bits per heavy atom. The van der Waals surface area contributed by atoms with Crippen molar-refractivity contribution in [1.29, 1.82) is 0 Å². The molecule has 0 heterocycles. The SMILES string of the molecule is CCCCCCCC/C=C\CCCCCCCCc1cc(OC)ccc1Oc1ccc(OC)cc1CCCCCCCC/C=C\CCCCCCCC. The highest BCUT2D eigenvalue weighted by Gasteiger charge is 2.12. The summed E-state index contributed by atoms with van der Waals surface area (Å²) in [5.74, 6) is 3.70. The van der Waals surface area contributed by atoms with E-state index in [1.54, 1.807) is 14.2 Å². The van der Waals surface area contributed by atoms with E-state index in [0.29, 0.717) is 0 Å². The zero-order valence-corrected chi connectivity index (χ0v) is 35.2. The van der Waals surface area contributed by atoms with E-state index >= 15 is 0 Å². The molecule has 0 aliphatic rings. The molecule has 2 rings (SSSR count). The molecule has 0 aliphatic carbocycles. The van der Waals surface area contributed by atoms with Gasteiger partial charge in [-0.3, -0.25) is 0 Å². The number of rotatable bonds is 36. The summed E-state index contributed by atoms with van der Waals surface area (Å²) in [5.41, 5.74) is 2.47. The highest BCUT2D eigenvalue weighted by atomic mass is 16.5. The molecule has 0 fully saturated rings. The minimum absolute atomic E-state index is 0.899. The van der Waals surface area contributed by atoms with Crippen LogP contribution in [0.1, 0.15) is 205 Å². The largest absolute Gasteiger partial charge is 0.497 e. The smallest absolute Gasteiger partial charge is 0.130 e. The molecule has 0 aromatic heterocycles. The Kier molecular flexibility index (Phi) is 29.7. The van der Waals surface area contributed by atoms with Crippen LogP contribution < -0.4 is 14.2 Å². The van der Waals surface area contributed by atoms with Crippen molar-refractivity contribution in [3.8, 4) is 23.0 Å². The number of methoxy groups -OCH3 is 2. The van der Waals surface area contributed by atoms with Gasteiger partial charge in [-0.25, -0.2) is 0 Å². The van der Waals surface area contributed by atoms with Crippen LogP contribution in [0.2, 0.25) is 0 Å². The molecule has 53 heavy (non-hydrogen) atoms. The van der Waals surface area contributed by atoms with Crippen molar-refractivity contribution in [2.45, 2.75) is 206 Å². The van der Waals surface area contributed by atoms with E-state index < -0.39 is 0 Å². The summed E-state index contributed by atoms with van der Waals surface area (Å²) < 4.78 is 17.9. The molecule has 0 unspecified atom stereocenters. The third-order valence-corrected chi connectivity index (χ3v) is 10.7. The van der Waals surface area contributed by atoms with Gasteiger partial charge in [-0.2, -0.15) is 0 Å². The maximum Gasteiger partial charge on any atom is 0.130 e. The number of aryl methyl sites for hydroxylation is 2. The van der Waals surface area contributed by atoms with Crippen molar-refractivity contribution in [3.63, 3.8) is 0 Å². The molecule has 0 spiro atoms. The molecule has 2 aromatic carbocycles. The molecule has 0 bridgehead atoms. The van der Waals surface area contributed by atoms with Gasteiger partial charge >= 0.3 is 0 Å². The standard InChI is InChI=1S/C50H82O3/c1-5-7-9-11-13-15-17-19-21-23-25-27-29-31-33-35-37-45-43-47(51-3)39-41-49(45)53-50-42-40-48(52-4)44-46(50)38-36-34-32-30-28-26-24-22-20-18-16-14-12-10-8-6-2/h19-22,39-44H,5-18,23-38H2,1-4H3/b21-19-,22-20-. The van der Waals surface area contributed by atoms with Gasteiger partial charge in [0.05, 0.1) is 14.2 Å². The topological polar surface area (TPSA) is 27.7 Å². The second kappa shape index (κ2) is 33.9. The van der Waals surface area contributed by atoms with Gasteiger partial charge in [-0.05, 0) is 125 Å². The lowest BCUT2D eigenvalue weighted by molar-refractivity contribution is 0.408. The first-order valence-electron chi connectivity index (χ1n) is 22.5. The van der Waals surface area contributed by atoms with E-state index in [2.05, 4.69) is 62.4 Å². The van der Waals surface area contributed by atoms with Crippen molar-refractivity contribution < 1.29 is 14.2 Å². The quantitative estimate of drug-likeness (QED) is 0.0516. The maximum atomic E-state index is 6.67. The average molecular weight is 731 g/mol. The van der Waals surface area contributed by atoms with Crippen LogP contribution in [0.25, 0.3) is 0 Å². The average Bonchev–Trinajstić information content (AvgIpc) is 3.18. The molecule has 3 heteroatoms. The predicted molar refractivity (Wildman–Crippen MR) is 232 cm³/mol. The predicted octanol–water partition coefficient (Wildman–Crippen LogP) is 16.7. The van der Waals surface area contributed by atoms with E-state index in [9.17, 15) is 0 Å². The van der Waals surface area contributed by atoms with E-state index in [0.717, 1.165) is 35.8 Å². The van der Waals surface area contributed by atoms with Crippen LogP contribution in [-0.2, 0) is 12.8 Å². The fraction of sp³-hybridized carbons (Fsp3) is 0.680. The number of allylic oxidation sites excluding steroid dienone is 4. The number of unbranched alkanes of at least 4 members (excludes halogenated alkanes) is 24. The van der Waals surface area contributed by atoms with Crippen LogP contribution in [0.3, 0.4) is 0 Å². The zero-order chi connectivity index (χ0) is 37.9. The van der Waals surface area contributed by atoms with Gasteiger partial charge in [0.15, 0.2) is 0 Å². The van der Waals surface area contributed by atoms with Gasteiger partial charge in [0.2, 0.25) is 0 Å². The summed E-state index contributed by atoms with van der Waals surface area (Å²) in [5, 5.41) is 0. The molecule has 3 nitrogen and oxygen atoms in total. The second-order valence-electron chi connectivity index (χ2n) is 15.4. The van der Waals surface area contributed by atoms with Gasteiger partial charge in [0, 0.05) is 0 Å². The van der Waals surface area contributed by atoms with Crippen LogP contribution in [0.5, 0.6) is 23.0 Å². The van der Waals surface area contributed by atoms with E-state index in [1.807, 2.05) is 12.1 Å². The Hall–Kier alpha value is -2.68. The third kappa shape index (κ3) is 24.4. The van der Waals surface area contributed by atoms with Crippen LogP contribution in [0, 0.1) is 0 Å². The summed E-state index contributed by atoms with van der Waals surface area (Å²) in [7, 11) is 3.50. The van der Waals surface area contributed by atoms with E-state index in [4.69, 9.17) is 14.2 Å². The highest BCUT2D eigenvalue weighted by Crippen LogP contribution is 2.34. The summed E-state index contributed by atoms with van der Waals surface area (Å²) in [6, 6.07) is 12.6. The Morgan fingerprint density at radius 2 is 0.679 bits per heavy atom. The monoisotopic (exact) mass is 731 g/mol. The lowest BCUT2D eigenvalue weighted by Crippen LogP contribution is -1.98. The molecule has 2 aromatic rings. The summed E-state index contributed by atoms with van der Waals surface area (Å²) in [6.45, 7) is 4.58. The first-order valence-corrected chi connectivity index (χ1v) is 22.5. The molecule has 300 valence electrons. The van der Waals surface area contributed by atoms with Crippen LogP contribution in [-0.4, -0.2) is 14.2 Å². The van der Waals surface area contributed by atoms with Crippen molar-refractivity contribution >= 4 is 0 Å². The fourth-order valence-electron chi connectivity index (χ4n) is 7.20. The first-order chi connectivity index (χ1) is 26.2. The maximum absolute atomic E-state index is 6.67. The molecular formula is C50H82O3. The minimum atomic E-state index is 0.899. The summed E-state index contributed by atoms with van der Waals surface area (Å²) in [6.07, 6.45) is 48.8. The molecule has 0 amide bonds. The lowest BCUT2D eigenvalue weighted by atomic mass is 10.0. The molecule has 0 saturated heterocycles. The zero-order valence-electron chi connectivity index (χ0n) is 35.2. The van der Waals surface area contributed by atoms with Crippen molar-refractivity contribution in [2.75, 3.05) is 14.2 Å². The summed E-state index contributed by atoms with van der Waals surface area (Å²) in [4.78, 5) is 0. The fourth-order valence-corrected chi connectivity index (χ4v) is 7.20.